The topological polar surface area (TPSA) is 46.5 Å². The Bertz CT molecular complexity index is 711. The van der Waals surface area contributed by atoms with E-state index in [0.717, 1.165) is 11.6 Å². The van der Waals surface area contributed by atoms with Crippen molar-refractivity contribution in [2.45, 2.75) is 6.92 Å². The SMILES string of the molecule is Cc1ccc(/C=C/C(=O)O)cc1Oc1cc(Br)ccc1F. The van der Waals surface area contributed by atoms with E-state index in [-0.39, 0.29) is 5.75 Å². The third-order valence-electron chi connectivity index (χ3n) is 2.74. The van der Waals surface area contributed by atoms with E-state index in [1.165, 1.54) is 18.2 Å². The molecule has 108 valence electrons. The molecule has 3 nitrogen and oxygen atoms in total. The Morgan fingerprint density at radius 1 is 1.24 bits per heavy atom. The Morgan fingerprint density at radius 2 is 2.00 bits per heavy atom. The number of carboxylic acids is 1. The van der Waals surface area contributed by atoms with Crippen molar-refractivity contribution in [2.24, 2.45) is 0 Å². The van der Waals surface area contributed by atoms with Gasteiger partial charge in [0.1, 0.15) is 5.75 Å². The van der Waals surface area contributed by atoms with Crippen molar-refractivity contribution in [1.82, 2.24) is 0 Å². The quantitative estimate of drug-likeness (QED) is 0.806. The van der Waals surface area contributed by atoms with E-state index >= 15 is 0 Å². The first-order valence-electron chi connectivity index (χ1n) is 6.10. The zero-order chi connectivity index (χ0) is 15.4. The van der Waals surface area contributed by atoms with E-state index in [1.54, 1.807) is 24.3 Å². The summed E-state index contributed by atoms with van der Waals surface area (Å²) in [7, 11) is 0. The second kappa shape index (κ2) is 6.54. The third-order valence-corrected chi connectivity index (χ3v) is 3.24. The highest BCUT2D eigenvalue weighted by atomic mass is 79.9. The lowest BCUT2D eigenvalue weighted by molar-refractivity contribution is -0.131. The summed E-state index contributed by atoms with van der Waals surface area (Å²) in [5.74, 6) is -0.925. The monoisotopic (exact) mass is 350 g/mol. The number of aliphatic carboxylic acids is 1. The highest BCUT2D eigenvalue weighted by Crippen LogP contribution is 2.30. The van der Waals surface area contributed by atoms with Crippen LogP contribution in [0.2, 0.25) is 0 Å². The number of benzene rings is 2. The van der Waals surface area contributed by atoms with Gasteiger partial charge in [0.15, 0.2) is 11.6 Å². The number of carbonyl (C=O) groups is 1. The van der Waals surface area contributed by atoms with Gasteiger partial charge in [-0.2, -0.15) is 0 Å². The summed E-state index contributed by atoms with van der Waals surface area (Å²) in [5, 5.41) is 8.63. The number of aryl methyl sites for hydroxylation is 1. The molecule has 0 amide bonds. The molecule has 2 aromatic rings. The van der Waals surface area contributed by atoms with Crippen molar-refractivity contribution in [3.63, 3.8) is 0 Å². The molecule has 0 saturated carbocycles. The average Bonchev–Trinajstić information content (AvgIpc) is 2.43. The molecule has 2 rings (SSSR count). The second-order valence-electron chi connectivity index (χ2n) is 4.37. The van der Waals surface area contributed by atoms with Gasteiger partial charge < -0.3 is 9.84 Å². The largest absolute Gasteiger partial charge is 0.478 e. The van der Waals surface area contributed by atoms with Crippen LogP contribution in [0.4, 0.5) is 4.39 Å². The maximum atomic E-state index is 13.7. The molecule has 0 bridgehead atoms. The van der Waals surface area contributed by atoms with Gasteiger partial charge in [-0.15, -0.1) is 0 Å². The number of ether oxygens (including phenoxy) is 1. The zero-order valence-electron chi connectivity index (χ0n) is 11.1. The summed E-state index contributed by atoms with van der Waals surface area (Å²) in [6.45, 7) is 1.83. The second-order valence-corrected chi connectivity index (χ2v) is 5.29. The smallest absolute Gasteiger partial charge is 0.328 e. The molecule has 0 aliphatic rings. The molecule has 0 fully saturated rings. The fraction of sp³-hybridized carbons (Fsp3) is 0.0625. The van der Waals surface area contributed by atoms with E-state index in [2.05, 4.69) is 15.9 Å². The van der Waals surface area contributed by atoms with Crippen LogP contribution in [0.5, 0.6) is 11.5 Å². The fourth-order valence-electron chi connectivity index (χ4n) is 1.67. The average molecular weight is 351 g/mol. The van der Waals surface area contributed by atoms with Crippen LogP contribution in [0.1, 0.15) is 11.1 Å². The first-order valence-corrected chi connectivity index (χ1v) is 6.89. The van der Waals surface area contributed by atoms with Gasteiger partial charge in [0, 0.05) is 10.5 Å². The van der Waals surface area contributed by atoms with Gasteiger partial charge in [-0.25, -0.2) is 9.18 Å². The van der Waals surface area contributed by atoms with E-state index in [4.69, 9.17) is 9.84 Å². The lowest BCUT2D eigenvalue weighted by Gasteiger charge is -2.10. The number of halogens is 2. The van der Waals surface area contributed by atoms with Gasteiger partial charge in [0.25, 0.3) is 0 Å². The number of hydrogen-bond acceptors (Lipinski definition) is 2. The van der Waals surface area contributed by atoms with Crippen LogP contribution in [0.25, 0.3) is 6.08 Å². The minimum atomic E-state index is -1.03. The Hall–Kier alpha value is -2.14. The molecule has 0 radical (unpaired) electrons. The Morgan fingerprint density at radius 3 is 2.71 bits per heavy atom. The van der Waals surface area contributed by atoms with E-state index in [0.29, 0.717) is 15.8 Å². The highest BCUT2D eigenvalue weighted by molar-refractivity contribution is 9.10. The zero-order valence-corrected chi connectivity index (χ0v) is 12.7. The molecule has 0 spiro atoms. The lowest BCUT2D eigenvalue weighted by atomic mass is 10.1. The van der Waals surface area contributed by atoms with Crippen molar-refractivity contribution in [2.75, 3.05) is 0 Å². The van der Waals surface area contributed by atoms with Gasteiger partial charge in [-0.05, 0) is 48.4 Å². The van der Waals surface area contributed by atoms with Crippen molar-refractivity contribution in [3.8, 4) is 11.5 Å². The molecule has 0 unspecified atom stereocenters. The first kappa shape index (κ1) is 15.3. The predicted octanol–water partition coefficient (Wildman–Crippen LogP) is 4.79. The van der Waals surface area contributed by atoms with Gasteiger partial charge >= 0.3 is 5.97 Å². The van der Waals surface area contributed by atoms with Crippen molar-refractivity contribution in [3.05, 3.63) is 63.9 Å². The van der Waals surface area contributed by atoms with Crippen LogP contribution in [0.3, 0.4) is 0 Å². The van der Waals surface area contributed by atoms with Gasteiger partial charge in [-0.1, -0.05) is 28.1 Å². The normalized spacial score (nSPS) is 10.8. The van der Waals surface area contributed by atoms with Crippen LogP contribution in [0.15, 0.2) is 46.9 Å². The minimum absolute atomic E-state index is 0.104. The minimum Gasteiger partial charge on any atom is -0.478 e. The van der Waals surface area contributed by atoms with Crippen molar-refractivity contribution < 1.29 is 19.0 Å². The molecule has 0 aliphatic carbocycles. The number of hydrogen-bond donors (Lipinski definition) is 1. The van der Waals surface area contributed by atoms with Crippen molar-refractivity contribution in [1.29, 1.82) is 0 Å². The fourth-order valence-corrected chi connectivity index (χ4v) is 2.01. The molecular formula is C16H12BrFO3. The predicted molar refractivity (Wildman–Crippen MR) is 82.0 cm³/mol. The molecule has 0 aliphatic heterocycles. The Balaban J connectivity index is 2.33. The molecule has 0 atom stereocenters. The molecule has 0 heterocycles. The number of rotatable bonds is 4. The van der Waals surface area contributed by atoms with Crippen LogP contribution in [-0.2, 0) is 4.79 Å². The van der Waals surface area contributed by atoms with Crippen LogP contribution in [-0.4, -0.2) is 11.1 Å². The summed E-state index contributed by atoms with van der Waals surface area (Å²) in [4.78, 5) is 10.5. The van der Waals surface area contributed by atoms with Gasteiger partial charge in [0.05, 0.1) is 0 Å². The van der Waals surface area contributed by atoms with Crippen LogP contribution < -0.4 is 4.74 Å². The van der Waals surface area contributed by atoms with E-state index in [9.17, 15) is 9.18 Å². The molecule has 0 saturated heterocycles. The molecule has 5 heteroatoms. The standard InChI is InChI=1S/C16H12BrFO3/c1-10-2-3-11(4-7-16(19)20)8-14(10)21-15-9-12(17)5-6-13(15)18/h2-9H,1H3,(H,19,20)/b7-4+. The summed E-state index contributed by atoms with van der Waals surface area (Å²) in [6.07, 6.45) is 2.49. The first-order chi connectivity index (χ1) is 9.95. The molecule has 0 aromatic heterocycles. The molecular weight excluding hydrogens is 339 g/mol. The lowest BCUT2D eigenvalue weighted by Crippen LogP contribution is -1.92. The number of carboxylic acid groups (broad SMARTS) is 1. The van der Waals surface area contributed by atoms with Crippen molar-refractivity contribution >= 4 is 28.0 Å². The summed E-state index contributed by atoms with van der Waals surface area (Å²) in [5.41, 5.74) is 1.48. The maximum absolute atomic E-state index is 13.7. The Labute approximate surface area is 129 Å². The molecule has 21 heavy (non-hydrogen) atoms. The van der Waals surface area contributed by atoms with Crippen LogP contribution >= 0.6 is 15.9 Å². The Kier molecular flexibility index (Phi) is 4.75. The van der Waals surface area contributed by atoms with Crippen LogP contribution in [0, 0.1) is 12.7 Å². The highest BCUT2D eigenvalue weighted by Gasteiger charge is 2.08. The summed E-state index contributed by atoms with van der Waals surface area (Å²) < 4.78 is 20.0. The molecule has 2 aromatic carbocycles. The summed E-state index contributed by atoms with van der Waals surface area (Å²) >= 11 is 3.26. The van der Waals surface area contributed by atoms with E-state index < -0.39 is 11.8 Å². The van der Waals surface area contributed by atoms with E-state index in [1.807, 2.05) is 6.92 Å². The van der Waals surface area contributed by atoms with Gasteiger partial charge in [0.2, 0.25) is 0 Å². The maximum Gasteiger partial charge on any atom is 0.328 e. The third kappa shape index (κ3) is 4.16. The molecule has 1 N–H and O–H groups in total. The van der Waals surface area contributed by atoms with Gasteiger partial charge in [-0.3, -0.25) is 0 Å². The summed E-state index contributed by atoms with van der Waals surface area (Å²) in [6, 6.07) is 9.64.